The highest BCUT2D eigenvalue weighted by Crippen LogP contribution is 2.16. The van der Waals surface area contributed by atoms with E-state index < -0.39 is 0 Å². The Balaban J connectivity index is 1.33. The SMILES string of the molecule is Nc1ccccc1CCC(=O)NCCC(=O)N1CCN(c2ccccc2)CC1. The second kappa shape index (κ2) is 9.78. The van der Waals surface area contributed by atoms with E-state index >= 15 is 0 Å². The summed E-state index contributed by atoms with van der Waals surface area (Å²) in [6, 6.07) is 17.8. The molecule has 2 aromatic carbocycles. The fraction of sp³-hybridized carbons (Fsp3) is 0.364. The number of carbonyl (C=O) groups is 2. The normalized spacial score (nSPS) is 14.0. The molecule has 1 saturated heterocycles. The van der Waals surface area contributed by atoms with E-state index in [2.05, 4.69) is 22.3 Å². The maximum Gasteiger partial charge on any atom is 0.224 e. The summed E-state index contributed by atoms with van der Waals surface area (Å²) < 4.78 is 0. The quantitative estimate of drug-likeness (QED) is 0.721. The molecule has 0 aliphatic carbocycles. The molecule has 0 unspecified atom stereocenters. The van der Waals surface area contributed by atoms with Crippen molar-refractivity contribution in [2.45, 2.75) is 19.3 Å². The smallest absolute Gasteiger partial charge is 0.224 e. The lowest BCUT2D eigenvalue weighted by molar-refractivity contribution is -0.131. The molecule has 0 atom stereocenters. The minimum absolute atomic E-state index is 0.0510. The van der Waals surface area contributed by atoms with Gasteiger partial charge in [-0.3, -0.25) is 9.59 Å². The molecule has 148 valence electrons. The highest BCUT2D eigenvalue weighted by molar-refractivity contribution is 5.79. The van der Waals surface area contributed by atoms with Crippen LogP contribution in [0.2, 0.25) is 0 Å². The van der Waals surface area contributed by atoms with E-state index in [1.807, 2.05) is 47.4 Å². The van der Waals surface area contributed by atoms with Crippen LogP contribution >= 0.6 is 0 Å². The largest absolute Gasteiger partial charge is 0.399 e. The van der Waals surface area contributed by atoms with Gasteiger partial charge in [-0.15, -0.1) is 0 Å². The Bertz CT molecular complexity index is 786. The summed E-state index contributed by atoms with van der Waals surface area (Å²) >= 11 is 0. The maximum absolute atomic E-state index is 12.4. The molecule has 1 heterocycles. The number of rotatable bonds is 7. The summed E-state index contributed by atoms with van der Waals surface area (Å²) in [4.78, 5) is 28.6. The van der Waals surface area contributed by atoms with Crippen LogP contribution in [0.25, 0.3) is 0 Å². The van der Waals surface area contributed by atoms with Gasteiger partial charge >= 0.3 is 0 Å². The van der Waals surface area contributed by atoms with Crippen molar-refractivity contribution in [1.29, 1.82) is 0 Å². The molecule has 2 amide bonds. The molecule has 6 nitrogen and oxygen atoms in total. The lowest BCUT2D eigenvalue weighted by Gasteiger charge is -2.36. The average Bonchev–Trinajstić information content (AvgIpc) is 2.74. The van der Waals surface area contributed by atoms with Crippen LogP contribution in [0.3, 0.4) is 0 Å². The number of hydrogen-bond acceptors (Lipinski definition) is 4. The minimum Gasteiger partial charge on any atom is -0.399 e. The van der Waals surface area contributed by atoms with Gasteiger partial charge in [-0.25, -0.2) is 0 Å². The zero-order valence-corrected chi connectivity index (χ0v) is 16.1. The summed E-state index contributed by atoms with van der Waals surface area (Å²) in [6.45, 7) is 3.48. The number of aryl methyl sites for hydroxylation is 1. The number of nitrogens with two attached hydrogens (primary N) is 1. The first kappa shape index (κ1) is 19.7. The van der Waals surface area contributed by atoms with Crippen molar-refractivity contribution in [2.75, 3.05) is 43.4 Å². The minimum atomic E-state index is -0.0510. The first-order valence-electron chi connectivity index (χ1n) is 9.81. The first-order chi connectivity index (χ1) is 13.6. The van der Waals surface area contributed by atoms with Crippen molar-refractivity contribution in [3.05, 3.63) is 60.2 Å². The van der Waals surface area contributed by atoms with E-state index in [0.29, 0.717) is 31.5 Å². The van der Waals surface area contributed by atoms with Crippen molar-refractivity contribution in [1.82, 2.24) is 10.2 Å². The number of nitrogens with zero attached hydrogens (tertiary/aromatic N) is 2. The zero-order chi connectivity index (χ0) is 19.8. The van der Waals surface area contributed by atoms with Crippen molar-refractivity contribution in [2.24, 2.45) is 0 Å². The molecular formula is C22H28N4O2. The Morgan fingerprint density at radius 1 is 0.893 bits per heavy atom. The molecule has 0 saturated carbocycles. The number of carbonyl (C=O) groups excluding carboxylic acids is 2. The molecule has 3 N–H and O–H groups in total. The number of nitrogens with one attached hydrogen (secondary N) is 1. The number of benzene rings is 2. The van der Waals surface area contributed by atoms with Crippen LogP contribution in [-0.2, 0) is 16.0 Å². The maximum atomic E-state index is 12.4. The number of piperazine rings is 1. The van der Waals surface area contributed by atoms with Gasteiger partial charge in [-0.05, 0) is 30.2 Å². The van der Waals surface area contributed by atoms with Gasteiger partial charge in [-0.2, -0.15) is 0 Å². The third-order valence-electron chi connectivity index (χ3n) is 5.09. The van der Waals surface area contributed by atoms with Gasteiger partial charge in [0.15, 0.2) is 0 Å². The number of hydrogen-bond donors (Lipinski definition) is 2. The van der Waals surface area contributed by atoms with Crippen molar-refractivity contribution < 1.29 is 9.59 Å². The Kier molecular flexibility index (Phi) is 6.89. The first-order valence-corrected chi connectivity index (χ1v) is 9.81. The van der Waals surface area contributed by atoms with Gasteiger partial charge in [0.2, 0.25) is 11.8 Å². The third-order valence-corrected chi connectivity index (χ3v) is 5.09. The van der Waals surface area contributed by atoms with E-state index in [1.54, 1.807) is 0 Å². The number of nitrogen functional groups attached to an aromatic ring is 1. The Morgan fingerprint density at radius 3 is 2.29 bits per heavy atom. The monoisotopic (exact) mass is 380 g/mol. The zero-order valence-electron chi connectivity index (χ0n) is 16.1. The average molecular weight is 380 g/mol. The van der Waals surface area contributed by atoms with Crippen LogP contribution in [0, 0.1) is 0 Å². The van der Waals surface area contributed by atoms with Crippen molar-refractivity contribution in [3.8, 4) is 0 Å². The molecular weight excluding hydrogens is 352 g/mol. The molecule has 2 aromatic rings. The van der Waals surface area contributed by atoms with Gasteiger partial charge in [0.25, 0.3) is 0 Å². The predicted octanol–water partition coefficient (Wildman–Crippen LogP) is 2.06. The van der Waals surface area contributed by atoms with Crippen LogP contribution in [-0.4, -0.2) is 49.4 Å². The van der Waals surface area contributed by atoms with Gasteiger partial charge in [0.1, 0.15) is 0 Å². The van der Waals surface area contributed by atoms with Gasteiger partial charge in [0, 0.05) is 56.9 Å². The Labute approximate surface area is 166 Å². The molecule has 0 aromatic heterocycles. The fourth-order valence-electron chi connectivity index (χ4n) is 3.42. The summed E-state index contributed by atoms with van der Waals surface area (Å²) in [7, 11) is 0. The van der Waals surface area contributed by atoms with Crippen molar-refractivity contribution in [3.63, 3.8) is 0 Å². The van der Waals surface area contributed by atoms with Crippen LogP contribution in [0.5, 0.6) is 0 Å². The molecule has 1 fully saturated rings. The van der Waals surface area contributed by atoms with Crippen LogP contribution in [0.4, 0.5) is 11.4 Å². The van der Waals surface area contributed by atoms with Gasteiger partial charge in [0.05, 0.1) is 0 Å². The molecule has 6 heteroatoms. The molecule has 3 rings (SSSR count). The van der Waals surface area contributed by atoms with Crippen LogP contribution in [0.15, 0.2) is 54.6 Å². The summed E-state index contributed by atoms with van der Waals surface area (Å²) in [5, 5.41) is 2.84. The van der Waals surface area contributed by atoms with Gasteiger partial charge < -0.3 is 20.9 Å². The van der Waals surface area contributed by atoms with Gasteiger partial charge in [-0.1, -0.05) is 36.4 Å². The van der Waals surface area contributed by atoms with Crippen LogP contribution in [0.1, 0.15) is 18.4 Å². The summed E-state index contributed by atoms with van der Waals surface area (Å²) in [5.74, 6) is 0.0465. The standard InChI is InChI=1S/C22H28N4O2/c23-20-9-5-4-6-18(20)10-11-21(27)24-13-12-22(28)26-16-14-25(15-17-26)19-7-2-1-3-8-19/h1-9H,10-17,23H2,(H,24,27). The van der Waals surface area contributed by atoms with Crippen LogP contribution < -0.4 is 16.0 Å². The van der Waals surface area contributed by atoms with E-state index in [1.165, 1.54) is 5.69 Å². The second-order valence-corrected chi connectivity index (χ2v) is 7.00. The topological polar surface area (TPSA) is 78.7 Å². The lowest BCUT2D eigenvalue weighted by Crippen LogP contribution is -2.49. The van der Waals surface area contributed by atoms with Crippen molar-refractivity contribution >= 4 is 23.2 Å². The highest BCUT2D eigenvalue weighted by atomic mass is 16.2. The number of anilines is 2. The van der Waals surface area contributed by atoms with E-state index in [9.17, 15) is 9.59 Å². The molecule has 0 radical (unpaired) electrons. The number of para-hydroxylation sites is 2. The lowest BCUT2D eigenvalue weighted by atomic mass is 10.1. The van der Waals surface area contributed by atoms with E-state index in [4.69, 9.17) is 5.73 Å². The third kappa shape index (κ3) is 5.49. The highest BCUT2D eigenvalue weighted by Gasteiger charge is 2.20. The number of amides is 2. The van der Waals surface area contributed by atoms with E-state index in [-0.39, 0.29) is 11.8 Å². The predicted molar refractivity (Wildman–Crippen MR) is 112 cm³/mol. The molecule has 1 aliphatic heterocycles. The molecule has 1 aliphatic rings. The molecule has 0 spiro atoms. The second-order valence-electron chi connectivity index (χ2n) is 7.00. The fourth-order valence-corrected chi connectivity index (χ4v) is 3.42. The molecule has 0 bridgehead atoms. The molecule has 28 heavy (non-hydrogen) atoms. The Morgan fingerprint density at radius 2 is 1.57 bits per heavy atom. The summed E-state index contributed by atoms with van der Waals surface area (Å²) in [6.07, 6.45) is 1.32. The van der Waals surface area contributed by atoms with E-state index in [0.717, 1.165) is 31.7 Å². The summed E-state index contributed by atoms with van der Waals surface area (Å²) in [5.41, 5.74) is 8.77. The Hall–Kier alpha value is -3.02.